The molecule has 0 spiro atoms. The van der Waals surface area contributed by atoms with Gasteiger partial charge in [-0.1, -0.05) is 38.5 Å². The lowest BCUT2D eigenvalue weighted by Gasteiger charge is -2.32. The second-order valence-electron chi connectivity index (χ2n) is 9.07. The number of rotatable bonds is 11. The lowest BCUT2D eigenvalue weighted by molar-refractivity contribution is -0.146. The van der Waals surface area contributed by atoms with Crippen LogP contribution in [-0.4, -0.2) is 39.5 Å². The summed E-state index contributed by atoms with van der Waals surface area (Å²) in [7, 11) is 0. The molecule has 0 aliphatic heterocycles. The number of benzene rings is 2. The molecular weight excluding hydrogens is 454 g/mol. The first kappa shape index (κ1) is 27.1. The molecule has 7 nitrogen and oxygen atoms in total. The number of hydrogen-bond acceptors (Lipinski definition) is 5. The van der Waals surface area contributed by atoms with Crippen molar-refractivity contribution in [1.82, 2.24) is 14.5 Å². The minimum absolute atomic E-state index is 0.0286. The molecule has 36 heavy (non-hydrogen) atoms. The van der Waals surface area contributed by atoms with Gasteiger partial charge in [0, 0.05) is 13.0 Å². The van der Waals surface area contributed by atoms with Gasteiger partial charge in [0.15, 0.2) is 0 Å². The van der Waals surface area contributed by atoms with Crippen molar-refractivity contribution in [3.8, 4) is 5.69 Å². The monoisotopic (exact) mass is 491 g/mol. The van der Waals surface area contributed by atoms with Crippen molar-refractivity contribution in [2.75, 3.05) is 13.2 Å². The van der Waals surface area contributed by atoms with Crippen molar-refractivity contribution in [1.29, 1.82) is 0 Å². The Morgan fingerprint density at radius 3 is 2.44 bits per heavy atom. The number of carbonyl (C=O) groups excluding carboxylic acids is 2. The number of nitrogens with zero attached hydrogens (tertiary/aromatic N) is 3. The number of ether oxygens (including phenoxy) is 1. The van der Waals surface area contributed by atoms with Crippen LogP contribution in [0.4, 0.5) is 0 Å². The fraction of sp³-hybridized carbons (Fsp3) is 0.448. The number of amides is 1. The van der Waals surface area contributed by atoms with Crippen molar-refractivity contribution < 1.29 is 14.3 Å². The number of aromatic nitrogens is 2. The number of unbranched alkanes of at least 4 members (excludes halogenated alkanes) is 1. The molecule has 0 saturated heterocycles. The van der Waals surface area contributed by atoms with Crippen LogP contribution in [0.15, 0.2) is 47.3 Å². The maximum Gasteiger partial charge on any atom is 0.306 e. The fourth-order valence-corrected chi connectivity index (χ4v) is 4.40. The lowest BCUT2D eigenvalue weighted by atomic mass is 10.1. The molecule has 1 atom stereocenters. The zero-order valence-electron chi connectivity index (χ0n) is 22.0. The molecular formula is C29H37N3O4. The Morgan fingerprint density at radius 1 is 1.03 bits per heavy atom. The molecule has 0 aliphatic carbocycles. The van der Waals surface area contributed by atoms with E-state index in [1.54, 1.807) is 22.5 Å². The van der Waals surface area contributed by atoms with E-state index < -0.39 is 6.04 Å². The number of aryl methyl sites for hydroxylation is 2. The number of esters is 1. The van der Waals surface area contributed by atoms with Crippen molar-refractivity contribution in [3.63, 3.8) is 0 Å². The Balaban J connectivity index is 2.16. The van der Waals surface area contributed by atoms with Crippen molar-refractivity contribution >= 4 is 22.8 Å². The van der Waals surface area contributed by atoms with Gasteiger partial charge in [0.25, 0.3) is 5.56 Å². The Bertz CT molecular complexity index is 1280. The predicted molar refractivity (Wildman–Crippen MR) is 142 cm³/mol. The van der Waals surface area contributed by atoms with Crippen LogP contribution < -0.4 is 5.56 Å². The summed E-state index contributed by atoms with van der Waals surface area (Å²) in [6.45, 7) is 10.7. The molecule has 0 fully saturated rings. The molecule has 0 N–H and O–H groups in total. The highest BCUT2D eigenvalue weighted by Gasteiger charge is 2.29. The second kappa shape index (κ2) is 12.5. The predicted octanol–water partition coefficient (Wildman–Crippen LogP) is 5.43. The number of para-hydroxylation sites is 1. The van der Waals surface area contributed by atoms with Gasteiger partial charge in [0.05, 0.1) is 35.7 Å². The molecule has 0 aliphatic rings. The van der Waals surface area contributed by atoms with Crippen LogP contribution >= 0.6 is 0 Å². The highest BCUT2D eigenvalue weighted by atomic mass is 16.5. The Kier molecular flexibility index (Phi) is 9.39. The summed E-state index contributed by atoms with van der Waals surface area (Å²) in [5.74, 6) is 0.00708. The van der Waals surface area contributed by atoms with Gasteiger partial charge in [-0.3, -0.25) is 19.0 Å². The first-order chi connectivity index (χ1) is 17.3. The quantitative estimate of drug-likeness (QED) is 0.334. The first-order valence-corrected chi connectivity index (χ1v) is 12.9. The van der Waals surface area contributed by atoms with E-state index >= 15 is 0 Å². The minimum atomic E-state index is -0.426. The van der Waals surface area contributed by atoms with Gasteiger partial charge >= 0.3 is 5.97 Å². The molecule has 1 unspecified atom stereocenters. The Hall–Kier alpha value is -3.48. The molecule has 1 aromatic heterocycles. The van der Waals surface area contributed by atoms with Crippen LogP contribution in [0.2, 0.25) is 0 Å². The minimum Gasteiger partial charge on any atom is -0.466 e. The van der Waals surface area contributed by atoms with Gasteiger partial charge in [0.1, 0.15) is 5.82 Å². The molecule has 3 rings (SSSR count). The van der Waals surface area contributed by atoms with Gasteiger partial charge < -0.3 is 9.64 Å². The third kappa shape index (κ3) is 6.01. The maximum atomic E-state index is 13.8. The highest BCUT2D eigenvalue weighted by Crippen LogP contribution is 2.28. The van der Waals surface area contributed by atoms with Crippen LogP contribution in [-0.2, 0) is 14.3 Å². The summed E-state index contributed by atoms with van der Waals surface area (Å²) in [4.78, 5) is 45.9. The molecule has 1 amide bonds. The number of hydrogen-bond donors (Lipinski definition) is 0. The molecule has 3 aromatic rings. The summed E-state index contributed by atoms with van der Waals surface area (Å²) in [6.07, 6.45) is 2.38. The van der Waals surface area contributed by atoms with Crippen LogP contribution in [0.25, 0.3) is 16.6 Å². The van der Waals surface area contributed by atoms with Crippen LogP contribution in [0, 0.1) is 13.8 Å². The van der Waals surface area contributed by atoms with Gasteiger partial charge in [-0.15, -0.1) is 0 Å². The zero-order chi connectivity index (χ0) is 26.2. The van der Waals surface area contributed by atoms with E-state index in [2.05, 4.69) is 6.92 Å². The molecule has 0 saturated carbocycles. The largest absolute Gasteiger partial charge is 0.466 e. The third-order valence-electron chi connectivity index (χ3n) is 6.53. The van der Waals surface area contributed by atoms with E-state index in [4.69, 9.17) is 9.72 Å². The van der Waals surface area contributed by atoms with Gasteiger partial charge in [-0.05, 0) is 69.0 Å². The number of carbonyl (C=O) groups is 2. The molecule has 2 aromatic carbocycles. The van der Waals surface area contributed by atoms with Crippen molar-refractivity contribution in [3.05, 3.63) is 69.8 Å². The number of fused-ring (bicyclic) bond motifs is 1. The van der Waals surface area contributed by atoms with E-state index in [9.17, 15) is 14.4 Å². The van der Waals surface area contributed by atoms with Gasteiger partial charge in [-0.25, -0.2) is 4.98 Å². The van der Waals surface area contributed by atoms with E-state index in [1.165, 1.54) is 0 Å². The summed E-state index contributed by atoms with van der Waals surface area (Å²) >= 11 is 0. The summed E-state index contributed by atoms with van der Waals surface area (Å²) in [5.41, 5.74) is 3.37. The van der Waals surface area contributed by atoms with Crippen molar-refractivity contribution in [2.45, 2.75) is 72.8 Å². The first-order valence-electron chi connectivity index (χ1n) is 12.9. The average molecular weight is 492 g/mol. The summed E-state index contributed by atoms with van der Waals surface area (Å²) < 4.78 is 6.67. The van der Waals surface area contributed by atoms with Gasteiger partial charge in [-0.2, -0.15) is 0 Å². The average Bonchev–Trinajstić information content (AvgIpc) is 2.87. The third-order valence-corrected chi connectivity index (χ3v) is 6.53. The van der Waals surface area contributed by atoms with Gasteiger partial charge in [0.2, 0.25) is 5.91 Å². The molecule has 7 heteroatoms. The SMILES string of the molecule is CCCCN(C(=O)CCC(=O)OCC)C(CC)c1nc2ccccc2c(=O)n1-c1ccc(C)c(C)c1. The normalized spacial score (nSPS) is 11.9. The smallest absolute Gasteiger partial charge is 0.306 e. The Morgan fingerprint density at radius 2 is 1.78 bits per heavy atom. The second-order valence-corrected chi connectivity index (χ2v) is 9.07. The van der Waals surface area contributed by atoms with E-state index in [1.807, 2.05) is 57.2 Å². The Labute approximate surface area is 213 Å². The lowest BCUT2D eigenvalue weighted by Crippen LogP contribution is -2.39. The van der Waals surface area contributed by atoms with E-state index in [0.717, 1.165) is 29.7 Å². The van der Waals surface area contributed by atoms with E-state index in [0.29, 0.717) is 29.7 Å². The molecule has 0 radical (unpaired) electrons. The fourth-order valence-electron chi connectivity index (χ4n) is 4.40. The van der Waals surface area contributed by atoms with Crippen LogP contribution in [0.3, 0.4) is 0 Å². The maximum absolute atomic E-state index is 13.8. The summed E-state index contributed by atoms with van der Waals surface area (Å²) in [6, 6.07) is 12.8. The van der Waals surface area contributed by atoms with Crippen molar-refractivity contribution in [2.24, 2.45) is 0 Å². The molecule has 0 bridgehead atoms. The van der Waals surface area contributed by atoms with Crippen LogP contribution in [0.5, 0.6) is 0 Å². The highest BCUT2D eigenvalue weighted by molar-refractivity contribution is 5.82. The summed E-state index contributed by atoms with van der Waals surface area (Å²) in [5, 5.41) is 0.531. The zero-order valence-corrected chi connectivity index (χ0v) is 22.0. The van der Waals surface area contributed by atoms with Crippen LogP contribution in [0.1, 0.15) is 75.9 Å². The van der Waals surface area contributed by atoms with E-state index in [-0.39, 0.29) is 36.9 Å². The topological polar surface area (TPSA) is 81.5 Å². The molecule has 1 heterocycles. The molecule has 192 valence electrons. The standard InChI is InChI=1S/C29H37N3O4/c1-6-9-18-31(26(33)16-17-27(34)36-8-3)25(7-2)28-30-24-13-11-10-12-23(24)29(35)32(28)22-15-14-20(4)21(5)19-22/h10-15,19,25H,6-9,16-18H2,1-5H3.